The van der Waals surface area contributed by atoms with E-state index in [4.69, 9.17) is 5.14 Å². The van der Waals surface area contributed by atoms with Gasteiger partial charge in [0.15, 0.2) is 0 Å². The van der Waals surface area contributed by atoms with Crippen molar-refractivity contribution in [2.75, 3.05) is 37.6 Å². The highest BCUT2D eigenvalue weighted by Crippen LogP contribution is 2.33. The molecule has 0 aromatic heterocycles. The van der Waals surface area contributed by atoms with E-state index in [0.29, 0.717) is 26.1 Å². The average Bonchev–Trinajstić information content (AvgIpc) is 3.13. The molecule has 34 heavy (non-hydrogen) atoms. The summed E-state index contributed by atoms with van der Waals surface area (Å²) in [6.07, 6.45) is 0.699. The van der Waals surface area contributed by atoms with Gasteiger partial charge < -0.3 is 9.80 Å². The number of hydrogen-bond acceptors (Lipinski definition) is 5. The maximum atomic E-state index is 13.1. The number of fused-ring (bicyclic) bond motifs is 2. The maximum Gasteiger partial charge on any atom is 0.242 e. The third kappa shape index (κ3) is 4.53. The summed E-state index contributed by atoms with van der Waals surface area (Å²) < 4.78 is 23.4. The van der Waals surface area contributed by atoms with Crippen LogP contribution in [0, 0.1) is 0 Å². The summed E-state index contributed by atoms with van der Waals surface area (Å²) in [4.78, 5) is 19.7. The molecule has 0 radical (unpaired) electrons. The molecular weight excluding hydrogens is 448 g/mol. The summed E-state index contributed by atoms with van der Waals surface area (Å²) in [7, 11) is -3.74. The number of hydrogen-bond donors (Lipinski definition) is 1. The van der Waals surface area contributed by atoms with Crippen LogP contribution in [-0.4, -0.2) is 62.9 Å². The van der Waals surface area contributed by atoms with E-state index in [0.717, 1.165) is 30.9 Å². The molecule has 0 spiro atoms. The number of primary sulfonamides is 1. The summed E-state index contributed by atoms with van der Waals surface area (Å²) in [5.74, 6) is 0.111. The number of rotatable bonds is 5. The number of amides is 1. The zero-order chi connectivity index (χ0) is 23.9. The molecule has 2 N–H and O–H groups in total. The minimum atomic E-state index is -3.74. The van der Waals surface area contributed by atoms with Gasteiger partial charge in [-0.25, -0.2) is 13.6 Å². The molecular formula is C26H30N4O3S. The fourth-order valence-corrected chi connectivity index (χ4v) is 5.73. The van der Waals surface area contributed by atoms with Crippen LogP contribution < -0.4 is 10.0 Å². The van der Waals surface area contributed by atoms with Crippen molar-refractivity contribution in [1.82, 2.24) is 9.80 Å². The molecule has 1 saturated heterocycles. The minimum absolute atomic E-state index is 0.111. The van der Waals surface area contributed by atoms with Crippen LogP contribution in [0.25, 0.3) is 10.8 Å². The molecule has 3 aromatic rings. The van der Waals surface area contributed by atoms with Gasteiger partial charge in [-0.05, 0) is 53.4 Å². The number of benzene rings is 3. The molecule has 2 aliphatic rings. The quantitative estimate of drug-likeness (QED) is 0.609. The van der Waals surface area contributed by atoms with Crippen LogP contribution in [0.5, 0.6) is 0 Å². The van der Waals surface area contributed by atoms with Crippen LogP contribution in [-0.2, 0) is 27.8 Å². The number of nitrogens with two attached hydrogens (primary N) is 1. The van der Waals surface area contributed by atoms with Crippen molar-refractivity contribution in [1.29, 1.82) is 0 Å². The summed E-state index contributed by atoms with van der Waals surface area (Å²) in [5.41, 5.74) is 3.16. The number of piperazine rings is 1. The Morgan fingerprint density at radius 3 is 2.50 bits per heavy atom. The molecule has 0 bridgehead atoms. The molecule has 7 nitrogen and oxygen atoms in total. The van der Waals surface area contributed by atoms with Crippen LogP contribution in [0.4, 0.5) is 5.69 Å². The Bertz CT molecular complexity index is 1330. The van der Waals surface area contributed by atoms with Crippen molar-refractivity contribution < 1.29 is 13.2 Å². The first-order chi connectivity index (χ1) is 16.3. The van der Waals surface area contributed by atoms with Crippen LogP contribution in [0.1, 0.15) is 18.1 Å². The lowest BCUT2D eigenvalue weighted by molar-refractivity contribution is -0.131. The normalized spacial score (nSPS) is 18.9. The predicted octanol–water partition coefficient (Wildman–Crippen LogP) is 2.58. The van der Waals surface area contributed by atoms with Gasteiger partial charge in [-0.1, -0.05) is 42.5 Å². The summed E-state index contributed by atoms with van der Waals surface area (Å²) in [6, 6.07) is 20.0. The van der Waals surface area contributed by atoms with Crippen LogP contribution in [0.15, 0.2) is 65.6 Å². The van der Waals surface area contributed by atoms with Gasteiger partial charge in [-0.2, -0.15) is 0 Å². The second kappa shape index (κ2) is 9.02. The maximum absolute atomic E-state index is 13.1. The molecule has 0 saturated carbocycles. The Morgan fingerprint density at radius 2 is 1.74 bits per heavy atom. The van der Waals surface area contributed by atoms with Crippen molar-refractivity contribution in [3.63, 3.8) is 0 Å². The Morgan fingerprint density at radius 1 is 1.00 bits per heavy atom. The highest BCUT2D eigenvalue weighted by atomic mass is 32.2. The van der Waals surface area contributed by atoms with Gasteiger partial charge >= 0.3 is 0 Å². The highest BCUT2D eigenvalue weighted by Gasteiger charge is 2.31. The Labute approximate surface area is 200 Å². The topological polar surface area (TPSA) is 86.9 Å². The van der Waals surface area contributed by atoms with Crippen molar-refractivity contribution in [2.45, 2.75) is 30.8 Å². The predicted molar refractivity (Wildman–Crippen MR) is 134 cm³/mol. The lowest BCUT2D eigenvalue weighted by Gasteiger charge is -2.36. The molecule has 3 aromatic carbocycles. The second-order valence-electron chi connectivity index (χ2n) is 9.31. The fourth-order valence-electron chi connectivity index (χ4n) is 5.16. The average molecular weight is 479 g/mol. The smallest absolute Gasteiger partial charge is 0.242 e. The van der Waals surface area contributed by atoms with Crippen LogP contribution in [0.2, 0.25) is 0 Å². The first-order valence-corrected chi connectivity index (χ1v) is 13.2. The van der Waals surface area contributed by atoms with E-state index in [-0.39, 0.29) is 16.8 Å². The van der Waals surface area contributed by atoms with Gasteiger partial charge in [0.05, 0.1) is 11.4 Å². The third-order valence-corrected chi connectivity index (χ3v) is 7.95. The molecule has 1 atom stereocenters. The number of carbonyl (C=O) groups excluding carboxylic acids is 1. The monoisotopic (exact) mass is 478 g/mol. The zero-order valence-electron chi connectivity index (χ0n) is 19.4. The number of carbonyl (C=O) groups is 1. The van der Waals surface area contributed by atoms with Gasteiger partial charge in [0.2, 0.25) is 15.9 Å². The lowest BCUT2D eigenvalue weighted by Crippen LogP contribution is -2.51. The van der Waals surface area contributed by atoms with Gasteiger partial charge in [0.25, 0.3) is 0 Å². The SMILES string of the molecule is C[C@@H]1Cc2cc(S(N)(=O)=O)ccc2N1CC(=O)N1CCN(Cc2cccc3ccccc23)CC1. The highest BCUT2D eigenvalue weighted by molar-refractivity contribution is 7.89. The number of sulfonamides is 1. The summed E-state index contributed by atoms with van der Waals surface area (Å²) >= 11 is 0. The molecule has 0 aliphatic carbocycles. The van der Waals surface area contributed by atoms with Crippen molar-refractivity contribution >= 4 is 32.4 Å². The minimum Gasteiger partial charge on any atom is -0.359 e. The summed E-state index contributed by atoms with van der Waals surface area (Å²) in [6.45, 7) is 6.36. The molecule has 178 valence electrons. The van der Waals surface area contributed by atoms with Crippen LogP contribution >= 0.6 is 0 Å². The molecule has 8 heteroatoms. The van der Waals surface area contributed by atoms with E-state index in [1.807, 2.05) is 4.90 Å². The van der Waals surface area contributed by atoms with Crippen molar-refractivity contribution in [2.24, 2.45) is 5.14 Å². The third-order valence-electron chi connectivity index (χ3n) is 7.04. The van der Waals surface area contributed by atoms with E-state index in [1.54, 1.807) is 12.1 Å². The zero-order valence-corrected chi connectivity index (χ0v) is 20.2. The molecule has 0 unspecified atom stereocenters. The molecule has 5 rings (SSSR count). The van der Waals surface area contributed by atoms with E-state index in [2.05, 4.69) is 59.2 Å². The van der Waals surface area contributed by atoms with E-state index in [1.165, 1.54) is 22.4 Å². The van der Waals surface area contributed by atoms with E-state index >= 15 is 0 Å². The van der Waals surface area contributed by atoms with Gasteiger partial charge in [-0.3, -0.25) is 9.69 Å². The van der Waals surface area contributed by atoms with E-state index < -0.39 is 10.0 Å². The molecule has 2 aliphatic heterocycles. The van der Waals surface area contributed by atoms with Crippen molar-refractivity contribution in [3.8, 4) is 0 Å². The lowest BCUT2D eigenvalue weighted by atomic mass is 10.0. The van der Waals surface area contributed by atoms with Crippen LogP contribution in [0.3, 0.4) is 0 Å². The Balaban J connectivity index is 1.21. The van der Waals surface area contributed by atoms with Gasteiger partial charge in [0.1, 0.15) is 0 Å². The van der Waals surface area contributed by atoms with E-state index in [9.17, 15) is 13.2 Å². The first-order valence-electron chi connectivity index (χ1n) is 11.7. The summed E-state index contributed by atoms with van der Waals surface area (Å²) in [5, 5.41) is 7.82. The Hall–Kier alpha value is -2.94. The molecule has 1 fully saturated rings. The second-order valence-corrected chi connectivity index (χ2v) is 10.9. The number of anilines is 1. The molecule has 2 heterocycles. The fraction of sp³-hybridized carbons (Fsp3) is 0.346. The largest absolute Gasteiger partial charge is 0.359 e. The Kier molecular flexibility index (Phi) is 6.06. The standard InChI is InChI=1S/C26H30N4O3S/c1-19-15-22-16-23(34(27,32)33)9-10-25(22)30(19)18-26(31)29-13-11-28(12-14-29)17-21-7-4-6-20-5-2-3-8-24(20)21/h2-10,16,19H,11-15,17-18H2,1H3,(H2,27,32,33)/t19-/m1/s1. The van der Waals surface area contributed by atoms with Crippen molar-refractivity contribution in [3.05, 3.63) is 71.8 Å². The first kappa shape index (κ1) is 22.8. The number of nitrogens with zero attached hydrogens (tertiary/aromatic N) is 3. The van der Waals surface area contributed by atoms with Gasteiger partial charge in [0, 0.05) is 44.5 Å². The molecule has 1 amide bonds. The van der Waals surface area contributed by atoms with Gasteiger partial charge in [-0.15, -0.1) is 0 Å².